The fourth-order valence-corrected chi connectivity index (χ4v) is 6.39. The minimum absolute atomic E-state index is 0.00722. The Kier molecular flexibility index (Phi) is 7.08. The van der Waals surface area contributed by atoms with Gasteiger partial charge in [0.25, 0.3) is 11.1 Å². The molecule has 0 spiro atoms. The molecular weight excluding hydrogens is 388 g/mol. The van der Waals surface area contributed by atoms with Gasteiger partial charge < -0.3 is 0 Å². The second-order valence-corrected chi connectivity index (χ2v) is 13.1. The van der Waals surface area contributed by atoms with Crippen LogP contribution in [0.4, 0.5) is 0 Å². The topological polar surface area (TPSA) is 43.0 Å². The molecule has 6 heteroatoms. The highest BCUT2D eigenvalue weighted by atomic mass is 32.2. The van der Waals surface area contributed by atoms with E-state index >= 15 is 0 Å². The molecule has 0 N–H and O–H groups in total. The van der Waals surface area contributed by atoms with Crippen LogP contribution in [-0.4, -0.2) is 29.5 Å². The van der Waals surface area contributed by atoms with E-state index in [0.29, 0.717) is 16.4 Å². The summed E-state index contributed by atoms with van der Waals surface area (Å²) in [5.41, 5.74) is 3.05. The molecule has 2 aromatic heterocycles. The van der Waals surface area contributed by atoms with Gasteiger partial charge in [-0.15, -0.1) is 0 Å². The molecule has 0 amide bonds. The number of thioether (sulfide) groups is 2. The molecule has 158 valence electrons. The Morgan fingerprint density at radius 1 is 0.857 bits per heavy atom. The summed E-state index contributed by atoms with van der Waals surface area (Å²) in [6.45, 7) is 19.2. The summed E-state index contributed by atoms with van der Waals surface area (Å²) in [6, 6.07) is 0. The fraction of sp³-hybridized carbons (Fsp3) is 0.727. The summed E-state index contributed by atoms with van der Waals surface area (Å²) < 4.78 is 3.31. The molecule has 0 saturated heterocycles. The highest BCUT2D eigenvalue weighted by Gasteiger charge is 2.30. The fourth-order valence-electron chi connectivity index (χ4n) is 3.89. The molecule has 0 aromatic carbocycles. The minimum Gasteiger partial charge on any atom is -0.267 e. The number of aromatic nitrogens is 2. The Hall–Kier alpha value is -0.880. The largest absolute Gasteiger partial charge is 0.277 e. The summed E-state index contributed by atoms with van der Waals surface area (Å²) in [4.78, 5) is 25.8. The van der Waals surface area contributed by atoms with E-state index in [4.69, 9.17) is 0 Å². The van der Waals surface area contributed by atoms with Crippen molar-refractivity contribution in [2.45, 2.75) is 96.3 Å². The Bertz CT molecular complexity index is 941. The predicted molar refractivity (Wildman–Crippen MR) is 125 cm³/mol. The maximum atomic E-state index is 12.9. The van der Waals surface area contributed by atoms with Gasteiger partial charge in [-0.05, 0) is 26.0 Å². The molecule has 0 fully saturated rings. The number of fused-ring (bicyclic) bond motifs is 1. The first-order valence-corrected chi connectivity index (χ1v) is 12.1. The zero-order chi connectivity index (χ0) is 21.4. The number of hydrogen-bond acceptors (Lipinski definition) is 4. The van der Waals surface area contributed by atoms with E-state index in [1.807, 2.05) is 41.9 Å². The standard InChI is InChI=1S/C22H36N2O2S2/c1-10-14(3)28-22(8,9)13-18-16(5)20(26)24-19(25)15(4)17(23(18)24)12-21(6,7)27-11-2/h14H,10-13H2,1-9H3. The van der Waals surface area contributed by atoms with Crippen LogP contribution in [0.5, 0.6) is 0 Å². The molecule has 0 aliphatic rings. The minimum atomic E-state index is -0.168. The third-order valence-electron chi connectivity index (χ3n) is 5.42. The lowest BCUT2D eigenvalue weighted by atomic mass is 10.0. The number of nitrogens with zero attached hydrogens (tertiary/aromatic N) is 2. The van der Waals surface area contributed by atoms with Crippen molar-refractivity contribution in [3.05, 3.63) is 43.2 Å². The zero-order valence-corrected chi connectivity index (χ0v) is 20.6. The van der Waals surface area contributed by atoms with Gasteiger partial charge in [-0.25, -0.2) is 0 Å². The van der Waals surface area contributed by atoms with Crippen LogP contribution in [-0.2, 0) is 12.8 Å². The van der Waals surface area contributed by atoms with Crippen LogP contribution in [0.3, 0.4) is 0 Å². The molecule has 0 bridgehead atoms. The molecule has 0 radical (unpaired) electrons. The van der Waals surface area contributed by atoms with Crippen LogP contribution in [0.25, 0.3) is 0 Å². The molecular formula is C22H36N2O2S2. The van der Waals surface area contributed by atoms with Gasteiger partial charge in [0.1, 0.15) is 0 Å². The Morgan fingerprint density at radius 2 is 1.32 bits per heavy atom. The molecule has 0 aliphatic heterocycles. The van der Waals surface area contributed by atoms with Crippen LogP contribution in [0.15, 0.2) is 9.59 Å². The lowest BCUT2D eigenvalue weighted by Crippen LogP contribution is -2.25. The van der Waals surface area contributed by atoms with Gasteiger partial charge in [-0.1, -0.05) is 48.5 Å². The lowest BCUT2D eigenvalue weighted by Gasteiger charge is -2.28. The molecule has 1 unspecified atom stereocenters. The van der Waals surface area contributed by atoms with E-state index in [2.05, 4.69) is 48.5 Å². The third-order valence-corrected chi connectivity index (χ3v) is 8.15. The molecule has 2 heterocycles. The molecule has 28 heavy (non-hydrogen) atoms. The van der Waals surface area contributed by atoms with E-state index in [1.54, 1.807) is 0 Å². The van der Waals surface area contributed by atoms with Gasteiger partial charge >= 0.3 is 0 Å². The normalized spacial score (nSPS) is 14.2. The SMILES string of the molecule is CCSC(C)(C)Cc1c(C)c(=O)n2c(=O)c(C)c(CC(C)(C)SC(C)CC)n12. The van der Waals surface area contributed by atoms with Crippen LogP contribution in [0.2, 0.25) is 0 Å². The van der Waals surface area contributed by atoms with Crippen molar-refractivity contribution in [3.63, 3.8) is 0 Å². The monoisotopic (exact) mass is 424 g/mol. The maximum Gasteiger partial charge on any atom is 0.277 e. The summed E-state index contributed by atoms with van der Waals surface area (Å²) in [7, 11) is 0. The molecule has 2 rings (SSSR count). The Balaban J connectivity index is 2.64. The van der Waals surface area contributed by atoms with E-state index in [1.165, 1.54) is 4.52 Å². The van der Waals surface area contributed by atoms with E-state index in [9.17, 15) is 9.59 Å². The first-order chi connectivity index (χ1) is 12.8. The van der Waals surface area contributed by atoms with Crippen molar-refractivity contribution < 1.29 is 0 Å². The molecule has 4 nitrogen and oxygen atoms in total. The Morgan fingerprint density at radius 3 is 1.75 bits per heavy atom. The molecule has 0 saturated carbocycles. The van der Waals surface area contributed by atoms with Crippen molar-refractivity contribution >= 4 is 23.5 Å². The maximum absolute atomic E-state index is 12.9. The first-order valence-electron chi connectivity index (χ1n) is 10.2. The molecule has 2 aromatic rings. The summed E-state index contributed by atoms with van der Waals surface area (Å²) in [6.07, 6.45) is 2.65. The third kappa shape index (κ3) is 4.64. The van der Waals surface area contributed by atoms with E-state index in [-0.39, 0.29) is 20.6 Å². The van der Waals surface area contributed by atoms with Gasteiger partial charge in [0.2, 0.25) is 0 Å². The van der Waals surface area contributed by atoms with Crippen LogP contribution >= 0.6 is 23.5 Å². The van der Waals surface area contributed by atoms with Gasteiger partial charge in [0, 0.05) is 38.7 Å². The van der Waals surface area contributed by atoms with Crippen molar-refractivity contribution in [1.82, 2.24) is 9.03 Å². The second-order valence-electron chi connectivity index (χ2n) is 9.02. The average molecular weight is 425 g/mol. The predicted octanol–water partition coefficient (Wildman–Crippen LogP) is 4.74. The summed E-state index contributed by atoms with van der Waals surface area (Å²) in [5, 5.41) is 0.556. The van der Waals surface area contributed by atoms with Gasteiger partial charge in [-0.3, -0.25) is 14.1 Å². The molecule has 0 aliphatic carbocycles. The highest BCUT2D eigenvalue weighted by Crippen LogP contribution is 2.35. The van der Waals surface area contributed by atoms with Crippen molar-refractivity contribution in [1.29, 1.82) is 0 Å². The average Bonchev–Trinajstić information content (AvgIpc) is 2.95. The lowest BCUT2D eigenvalue weighted by molar-refractivity contribution is 0.620. The first kappa shape index (κ1) is 23.4. The second kappa shape index (κ2) is 8.47. The number of hydrogen-bond donors (Lipinski definition) is 0. The Labute approximate surface area is 177 Å². The van der Waals surface area contributed by atoms with E-state index in [0.717, 1.165) is 36.4 Å². The van der Waals surface area contributed by atoms with Gasteiger partial charge in [-0.2, -0.15) is 28.0 Å². The van der Waals surface area contributed by atoms with Crippen molar-refractivity contribution in [3.8, 4) is 0 Å². The zero-order valence-electron chi connectivity index (χ0n) is 18.9. The molecule has 1 atom stereocenters. The smallest absolute Gasteiger partial charge is 0.267 e. The number of rotatable bonds is 9. The van der Waals surface area contributed by atoms with Crippen molar-refractivity contribution in [2.75, 3.05) is 5.75 Å². The van der Waals surface area contributed by atoms with E-state index < -0.39 is 0 Å². The quantitative estimate of drug-likeness (QED) is 0.583. The summed E-state index contributed by atoms with van der Waals surface area (Å²) >= 11 is 3.84. The van der Waals surface area contributed by atoms with Gasteiger partial charge in [0.05, 0.1) is 11.4 Å². The van der Waals surface area contributed by atoms with Crippen molar-refractivity contribution in [2.24, 2.45) is 0 Å². The van der Waals surface area contributed by atoms with Crippen LogP contribution < -0.4 is 11.1 Å². The highest BCUT2D eigenvalue weighted by molar-refractivity contribution is 8.01. The summed E-state index contributed by atoms with van der Waals surface area (Å²) in [5.74, 6) is 1.02. The van der Waals surface area contributed by atoms with Crippen LogP contribution in [0, 0.1) is 13.8 Å². The van der Waals surface area contributed by atoms with Gasteiger partial charge in [0.15, 0.2) is 0 Å². The van der Waals surface area contributed by atoms with Crippen LogP contribution in [0.1, 0.15) is 77.4 Å².